The summed E-state index contributed by atoms with van der Waals surface area (Å²) < 4.78 is 5.32. The molecule has 0 spiro atoms. The molecule has 2 aliphatic rings. The molecule has 0 saturated carbocycles. The first-order valence-corrected chi connectivity index (χ1v) is 8.04. The molecular weight excluding hydrogens is 298 g/mol. The monoisotopic (exact) mass is 319 g/mol. The molecule has 0 atom stereocenters. The number of hydrogen-bond donors (Lipinski definition) is 0. The van der Waals surface area contributed by atoms with Gasteiger partial charge >= 0.3 is 0 Å². The molecule has 0 N–H and O–H groups in total. The quantitative estimate of drug-likeness (QED) is 0.619. The van der Waals surface area contributed by atoms with Crippen LogP contribution < -0.4 is 4.90 Å². The molecule has 2 aliphatic heterocycles. The van der Waals surface area contributed by atoms with E-state index in [1.807, 2.05) is 24.3 Å². The lowest BCUT2D eigenvalue weighted by atomic mass is 10.1. The third-order valence-electron chi connectivity index (χ3n) is 4.23. The Kier molecular flexibility index (Phi) is 4.59. The lowest BCUT2D eigenvalue weighted by Crippen LogP contribution is -2.50. The Morgan fingerprint density at radius 2 is 1.82 bits per heavy atom. The minimum absolute atomic E-state index is 0.111. The zero-order valence-corrected chi connectivity index (χ0v) is 13.6. The van der Waals surface area contributed by atoms with Crippen molar-refractivity contribution in [3.63, 3.8) is 0 Å². The zero-order chi connectivity index (χ0) is 15.5. The summed E-state index contributed by atoms with van der Waals surface area (Å²) in [5.41, 5.74) is 1.95. The Bertz CT molecular complexity index is 553. The van der Waals surface area contributed by atoms with Crippen LogP contribution in [-0.2, 0) is 4.74 Å². The summed E-state index contributed by atoms with van der Waals surface area (Å²) in [4.78, 5) is 18.2. The van der Waals surface area contributed by atoms with Crippen LogP contribution in [0.25, 0.3) is 0 Å². The van der Waals surface area contributed by atoms with Crippen molar-refractivity contribution < 1.29 is 9.53 Å². The van der Waals surface area contributed by atoms with Crippen molar-refractivity contribution in [3.05, 3.63) is 29.8 Å². The van der Waals surface area contributed by atoms with E-state index >= 15 is 0 Å². The fourth-order valence-corrected chi connectivity index (χ4v) is 3.08. The predicted octanol–water partition coefficient (Wildman–Crippen LogP) is 1.59. The fourth-order valence-electron chi connectivity index (χ4n) is 2.85. The maximum Gasteiger partial charge on any atom is 0.260 e. The van der Waals surface area contributed by atoms with Crippen LogP contribution in [0, 0.1) is 0 Å². The number of ether oxygens (including phenoxy) is 1. The third kappa shape index (κ3) is 3.39. The second kappa shape index (κ2) is 6.62. The van der Waals surface area contributed by atoms with Gasteiger partial charge in [-0.05, 0) is 43.4 Å². The standard InChI is InChI=1S/C16H21N3O2S/c1-13(20)14-2-4-15(5-3-14)18-8-6-17(7-9-18)12-19-10-11-21-16(19)22/h2-5H,6-12H2,1H3. The third-order valence-corrected chi connectivity index (χ3v) is 4.60. The lowest BCUT2D eigenvalue weighted by molar-refractivity contribution is 0.101. The molecule has 0 aliphatic carbocycles. The molecule has 5 nitrogen and oxygen atoms in total. The molecule has 2 fully saturated rings. The second-order valence-corrected chi connectivity index (χ2v) is 6.08. The summed E-state index contributed by atoms with van der Waals surface area (Å²) in [6.07, 6.45) is 0. The van der Waals surface area contributed by atoms with Crippen LogP contribution in [0.5, 0.6) is 0 Å². The Labute approximate surface area is 136 Å². The number of Topliss-reactive ketones (excluding diaryl/α,β-unsaturated/α-hetero) is 1. The van der Waals surface area contributed by atoms with Crippen molar-refractivity contribution in [2.75, 3.05) is 50.9 Å². The molecule has 0 amide bonds. The molecular formula is C16H21N3O2S. The van der Waals surface area contributed by atoms with Gasteiger partial charge in [-0.25, -0.2) is 0 Å². The van der Waals surface area contributed by atoms with Gasteiger partial charge in [-0.1, -0.05) is 0 Å². The molecule has 2 heterocycles. The van der Waals surface area contributed by atoms with Crippen LogP contribution in [0.2, 0.25) is 0 Å². The number of benzene rings is 1. The van der Waals surface area contributed by atoms with E-state index in [0.29, 0.717) is 11.8 Å². The second-order valence-electron chi connectivity index (χ2n) is 5.73. The maximum atomic E-state index is 11.3. The van der Waals surface area contributed by atoms with Gasteiger partial charge in [0.2, 0.25) is 0 Å². The van der Waals surface area contributed by atoms with Crippen LogP contribution in [0.1, 0.15) is 17.3 Å². The number of carbonyl (C=O) groups is 1. The van der Waals surface area contributed by atoms with Crippen molar-refractivity contribution in [1.82, 2.24) is 9.80 Å². The Morgan fingerprint density at radius 1 is 1.14 bits per heavy atom. The fraction of sp³-hybridized carbons (Fsp3) is 0.500. The van der Waals surface area contributed by atoms with E-state index in [2.05, 4.69) is 14.7 Å². The SMILES string of the molecule is CC(=O)c1ccc(N2CCN(CN3CCOC3=S)CC2)cc1. The molecule has 1 aromatic rings. The highest BCUT2D eigenvalue weighted by Crippen LogP contribution is 2.18. The van der Waals surface area contributed by atoms with Crippen LogP contribution in [0.4, 0.5) is 5.69 Å². The van der Waals surface area contributed by atoms with E-state index in [4.69, 9.17) is 17.0 Å². The van der Waals surface area contributed by atoms with Crippen molar-refractivity contribution in [2.24, 2.45) is 0 Å². The lowest BCUT2D eigenvalue weighted by Gasteiger charge is -2.37. The van der Waals surface area contributed by atoms with E-state index in [9.17, 15) is 4.79 Å². The number of ketones is 1. The van der Waals surface area contributed by atoms with E-state index in [0.717, 1.165) is 45.0 Å². The molecule has 0 unspecified atom stereocenters. The van der Waals surface area contributed by atoms with E-state index in [-0.39, 0.29) is 5.78 Å². The summed E-state index contributed by atoms with van der Waals surface area (Å²) in [5.74, 6) is 0.111. The Balaban J connectivity index is 1.52. The highest BCUT2D eigenvalue weighted by Gasteiger charge is 2.23. The van der Waals surface area contributed by atoms with Crippen LogP contribution in [0.15, 0.2) is 24.3 Å². The van der Waals surface area contributed by atoms with E-state index < -0.39 is 0 Å². The summed E-state index contributed by atoms with van der Waals surface area (Å²) in [6, 6.07) is 7.89. The topological polar surface area (TPSA) is 36.0 Å². The molecule has 1 aromatic carbocycles. The molecule has 22 heavy (non-hydrogen) atoms. The zero-order valence-electron chi connectivity index (χ0n) is 12.8. The summed E-state index contributed by atoms with van der Waals surface area (Å²) in [7, 11) is 0. The average Bonchev–Trinajstić information content (AvgIpc) is 2.93. The summed E-state index contributed by atoms with van der Waals surface area (Å²) in [5, 5.41) is 0.627. The molecule has 0 radical (unpaired) electrons. The van der Waals surface area contributed by atoms with Gasteiger partial charge < -0.3 is 14.5 Å². The molecule has 0 bridgehead atoms. The highest BCUT2D eigenvalue weighted by atomic mass is 32.1. The normalized spacial score (nSPS) is 19.4. The number of nitrogens with zero attached hydrogens (tertiary/aromatic N) is 3. The van der Waals surface area contributed by atoms with Crippen LogP contribution >= 0.6 is 12.2 Å². The van der Waals surface area contributed by atoms with E-state index in [1.165, 1.54) is 5.69 Å². The van der Waals surface area contributed by atoms with Crippen LogP contribution in [-0.4, -0.2) is 66.8 Å². The minimum atomic E-state index is 0.111. The molecule has 2 saturated heterocycles. The number of carbonyl (C=O) groups excluding carboxylic acids is 1. The highest BCUT2D eigenvalue weighted by molar-refractivity contribution is 7.80. The van der Waals surface area contributed by atoms with Gasteiger partial charge in [-0.3, -0.25) is 9.69 Å². The van der Waals surface area contributed by atoms with Crippen molar-refractivity contribution >= 4 is 28.9 Å². The Morgan fingerprint density at radius 3 is 2.36 bits per heavy atom. The van der Waals surface area contributed by atoms with Gasteiger partial charge in [0.25, 0.3) is 5.17 Å². The number of rotatable bonds is 4. The molecule has 6 heteroatoms. The first-order chi connectivity index (χ1) is 10.6. The van der Waals surface area contributed by atoms with Crippen LogP contribution in [0.3, 0.4) is 0 Å². The summed E-state index contributed by atoms with van der Waals surface area (Å²) in [6.45, 7) is 8.05. The number of hydrogen-bond acceptors (Lipinski definition) is 5. The van der Waals surface area contributed by atoms with E-state index in [1.54, 1.807) is 6.92 Å². The van der Waals surface area contributed by atoms with Crippen molar-refractivity contribution in [3.8, 4) is 0 Å². The van der Waals surface area contributed by atoms with Gasteiger partial charge in [0.15, 0.2) is 5.78 Å². The first kappa shape index (κ1) is 15.2. The summed E-state index contributed by atoms with van der Waals surface area (Å²) >= 11 is 5.18. The number of anilines is 1. The van der Waals surface area contributed by atoms with Crippen molar-refractivity contribution in [1.29, 1.82) is 0 Å². The number of thiocarbonyl (C=S) groups is 1. The Hall–Kier alpha value is -1.66. The first-order valence-electron chi connectivity index (χ1n) is 7.63. The number of piperazine rings is 1. The van der Waals surface area contributed by atoms with Gasteiger partial charge in [-0.2, -0.15) is 0 Å². The van der Waals surface area contributed by atoms with Gasteiger partial charge in [0.1, 0.15) is 6.61 Å². The molecule has 3 rings (SSSR count). The predicted molar refractivity (Wildman–Crippen MR) is 90.4 cm³/mol. The minimum Gasteiger partial charge on any atom is -0.469 e. The molecule has 0 aromatic heterocycles. The van der Waals surface area contributed by atoms with Crippen molar-refractivity contribution in [2.45, 2.75) is 6.92 Å². The maximum absolute atomic E-state index is 11.3. The molecule has 118 valence electrons. The van der Waals surface area contributed by atoms with Gasteiger partial charge in [0.05, 0.1) is 13.2 Å². The van der Waals surface area contributed by atoms with Gasteiger partial charge in [0, 0.05) is 37.4 Å². The van der Waals surface area contributed by atoms with Gasteiger partial charge in [-0.15, -0.1) is 0 Å². The largest absolute Gasteiger partial charge is 0.469 e. The smallest absolute Gasteiger partial charge is 0.260 e. The average molecular weight is 319 g/mol.